The quantitative estimate of drug-likeness (QED) is 0.710. The first-order valence-electron chi connectivity index (χ1n) is 6.74. The number of carboxylic acid groups (broad SMARTS) is 1. The van der Waals surface area contributed by atoms with Gasteiger partial charge >= 0.3 is 5.97 Å². The van der Waals surface area contributed by atoms with Gasteiger partial charge in [-0.15, -0.1) is 0 Å². The van der Waals surface area contributed by atoms with Gasteiger partial charge in [-0.25, -0.2) is 0 Å². The van der Waals surface area contributed by atoms with Crippen LogP contribution in [0.1, 0.15) is 39.5 Å². The number of rotatable bonds is 7. The summed E-state index contributed by atoms with van der Waals surface area (Å²) in [5.74, 6) is -1.50. The lowest BCUT2D eigenvalue weighted by atomic mass is 10.1. The predicted octanol–water partition coefficient (Wildman–Crippen LogP) is 0.614. The summed E-state index contributed by atoms with van der Waals surface area (Å²) in [6.45, 7) is 4.61. The first-order chi connectivity index (χ1) is 8.95. The number of hydrogen-bond acceptors (Lipinski definition) is 3. The standard InChI is InChI=1S/C13H22N2O4/c1-3-4-9(2)15-8-10(7-11(15)16)13(19)14-6-5-12(17)18/h9-10H,3-8H2,1-2H3,(H,14,19)(H,17,18)/t9-,10-/m1/s1. The van der Waals surface area contributed by atoms with Crippen molar-refractivity contribution < 1.29 is 19.5 Å². The lowest BCUT2D eigenvalue weighted by Crippen LogP contribution is -2.37. The zero-order chi connectivity index (χ0) is 14.4. The van der Waals surface area contributed by atoms with Crippen molar-refractivity contribution in [1.29, 1.82) is 0 Å². The fourth-order valence-electron chi connectivity index (χ4n) is 2.34. The van der Waals surface area contributed by atoms with Crippen molar-refractivity contribution in [2.24, 2.45) is 5.92 Å². The van der Waals surface area contributed by atoms with Crippen LogP contribution in [-0.4, -0.2) is 46.9 Å². The van der Waals surface area contributed by atoms with E-state index in [1.54, 1.807) is 4.90 Å². The maximum Gasteiger partial charge on any atom is 0.305 e. The highest BCUT2D eigenvalue weighted by molar-refractivity contribution is 5.89. The summed E-state index contributed by atoms with van der Waals surface area (Å²) in [5.41, 5.74) is 0. The maximum absolute atomic E-state index is 11.8. The minimum atomic E-state index is -0.944. The second kappa shape index (κ2) is 7.11. The molecule has 0 aromatic heterocycles. The van der Waals surface area contributed by atoms with Crippen molar-refractivity contribution in [3.63, 3.8) is 0 Å². The molecule has 0 spiro atoms. The Bertz CT molecular complexity index is 357. The van der Waals surface area contributed by atoms with Crippen molar-refractivity contribution in [2.45, 2.75) is 45.6 Å². The monoisotopic (exact) mass is 270 g/mol. The average molecular weight is 270 g/mol. The SMILES string of the molecule is CCC[C@@H](C)N1C[C@H](C(=O)NCCC(=O)O)CC1=O. The molecule has 6 heteroatoms. The van der Waals surface area contributed by atoms with E-state index >= 15 is 0 Å². The van der Waals surface area contributed by atoms with Gasteiger partial charge in [-0.3, -0.25) is 14.4 Å². The van der Waals surface area contributed by atoms with E-state index in [1.165, 1.54) is 0 Å². The summed E-state index contributed by atoms with van der Waals surface area (Å²) in [7, 11) is 0. The molecule has 2 atom stereocenters. The van der Waals surface area contributed by atoms with E-state index in [2.05, 4.69) is 12.2 Å². The number of likely N-dealkylation sites (tertiary alicyclic amines) is 1. The van der Waals surface area contributed by atoms with Gasteiger partial charge in [-0.2, -0.15) is 0 Å². The maximum atomic E-state index is 11.8. The van der Waals surface area contributed by atoms with E-state index in [4.69, 9.17) is 5.11 Å². The third kappa shape index (κ3) is 4.54. The number of aliphatic carboxylic acids is 1. The Morgan fingerprint density at radius 2 is 2.21 bits per heavy atom. The van der Waals surface area contributed by atoms with E-state index in [1.807, 2.05) is 6.92 Å². The van der Waals surface area contributed by atoms with Crippen LogP contribution in [0.3, 0.4) is 0 Å². The van der Waals surface area contributed by atoms with Crippen molar-refractivity contribution in [3.05, 3.63) is 0 Å². The third-order valence-corrected chi connectivity index (χ3v) is 3.41. The molecular formula is C13H22N2O4. The zero-order valence-electron chi connectivity index (χ0n) is 11.5. The van der Waals surface area contributed by atoms with Crippen LogP contribution in [0.5, 0.6) is 0 Å². The normalized spacial score (nSPS) is 20.4. The number of hydrogen-bond donors (Lipinski definition) is 2. The molecule has 0 bridgehead atoms. The van der Waals surface area contributed by atoms with Crippen LogP contribution in [0.4, 0.5) is 0 Å². The van der Waals surface area contributed by atoms with Crippen molar-refractivity contribution >= 4 is 17.8 Å². The van der Waals surface area contributed by atoms with Crippen LogP contribution >= 0.6 is 0 Å². The molecular weight excluding hydrogens is 248 g/mol. The molecule has 19 heavy (non-hydrogen) atoms. The second-order valence-electron chi connectivity index (χ2n) is 5.02. The van der Waals surface area contributed by atoms with Crippen LogP contribution < -0.4 is 5.32 Å². The highest BCUT2D eigenvalue weighted by atomic mass is 16.4. The van der Waals surface area contributed by atoms with Gasteiger partial charge in [0.25, 0.3) is 0 Å². The molecule has 2 amide bonds. The van der Waals surface area contributed by atoms with Crippen LogP contribution in [-0.2, 0) is 14.4 Å². The topological polar surface area (TPSA) is 86.7 Å². The largest absolute Gasteiger partial charge is 0.481 e. The molecule has 0 aliphatic carbocycles. The van der Waals surface area contributed by atoms with Crippen molar-refractivity contribution in [2.75, 3.05) is 13.1 Å². The third-order valence-electron chi connectivity index (χ3n) is 3.41. The fraction of sp³-hybridized carbons (Fsp3) is 0.769. The minimum Gasteiger partial charge on any atom is -0.481 e. The molecule has 1 heterocycles. The molecule has 1 saturated heterocycles. The first kappa shape index (κ1) is 15.5. The van der Waals surface area contributed by atoms with E-state index in [-0.39, 0.29) is 43.2 Å². The van der Waals surface area contributed by atoms with E-state index in [0.29, 0.717) is 6.54 Å². The Kier molecular flexibility index (Phi) is 5.79. The van der Waals surface area contributed by atoms with Gasteiger partial charge < -0.3 is 15.3 Å². The summed E-state index contributed by atoms with van der Waals surface area (Å²) < 4.78 is 0. The molecule has 108 valence electrons. The Morgan fingerprint density at radius 1 is 1.53 bits per heavy atom. The number of carbonyl (C=O) groups excluding carboxylic acids is 2. The number of carboxylic acids is 1. The van der Waals surface area contributed by atoms with Crippen molar-refractivity contribution in [1.82, 2.24) is 10.2 Å². The molecule has 0 radical (unpaired) electrons. The van der Waals surface area contributed by atoms with E-state index in [9.17, 15) is 14.4 Å². The Balaban J connectivity index is 2.42. The Hall–Kier alpha value is -1.59. The molecule has 6 nitrogen and oxygen atoms in total. The van der Waals surface area contributed by atoms with Gasteiger partial charge in [0.15, 0.2) is 0 Å². The lowest BCUT2D eigenvalue weighted by Gasteiger charge is -2.24. The molecule has 0 aromatic carbocycles. The van der Waals surface area contributed by atoms with Gasteiger partial charge in [0.2, 0.25) is 11.8 Å². The van der Waals surface area contributed by atoms with Gasteiger partial charge in [-0.05, 0) is 13.3 Å². The highest BCUT2D eigenvalue weighted by Gasteiger charge is 2.36. The minimum absolute atomic E-state index is 0.0133. The summed E-state index contributed by atoms with van der Waals surface area (Å²) >= 11 is 0. The van der Waals surface area contributed by atoms with Crippen LogP contribution in [0.2, 0.25) is 0 Å². The highest BCUT2D eigenvalue weighted by Crippen LogP contribution is 2.22. The second-order valence-corrected chi connectivity index (χ2v) is 5.02. The van der Waals surface area contributed by atoms with Crippen LogP contribution in [0, 0.1) is 5.92 Å². The van der Waals surface area contributed by atoms with Crippen LogP contribution in [0.15, 0.2) is 0 Å². The van der Waals surface area contributed by atoms with Crippen LogP contribution in [0.25, 0.3) is 0 Å². The molecule has 1 aliphatic heterocycles. The number of amides is 2. The van der Waals surface area contributed by atoms with Gasteiger partial charge in [0.1, 0.15) is 0 Å². The molecule has 0 unspecified atom stereocenters. The number of nitrogens with zero attached hydrogens (tertiary/aromatic N) is 1. The van der Waals surface area contributed by atoms with Gasteiger partial charge in [0, 0.05) is 25.6 Å². The molecule has 1 rings (SSSR count). The predicted molar refractivity (Wildman–Crippen MR) is 69.5 cm³/mol. The summed E-state index contributed by atoms with van der Waals surface area (Å²) in [6.07, 6.45) is 2.06. The smallest absolute Gasteiger partial charge is 0.305 e. The first-order valence-corrected chi connectivity index (χ1v) is 6.74. The van der Waals surface area contributed by atoms with Gasteiger partial charge in [-0.1, -0.05) is 13.3 Å². The van der Waals surface area contributed by atoms with Gasteiger partial charge in [0.05, 0.1) is 12.3 Å². The Morgan fingerprint density at radius 3 is 2.79 bits per heavy atom. The van der Waals surface area contributed by atoms with E-state index in [0.717, 1.165) is 12.8 Å². The molecule has 0 saturated carbocycles. The van der Waals surface area contributed by atoms with Crippen molar-refractivity contribution in [3.8, 4) is 0 Å². The molecule has 1 fully saturated rings. The summed E-state index contributed by atoms with van der Waals surface area (Å²) in [6, 6.07) is 0.161. The molecule has 1 aliphatic rings. The Labute approximate surface area is 113 Å². The zero-order valence-corrected chi connectivity index (χ0v) is 11.5. The number of nitrogens with one attached hydrogen (secondary N) is 1. The molecule has 2 N–H and O–H groups in total. The fourth-order valence-corrected chi connectivity index (χ4v) is 2.34. The average Bonchev–Trinajstić information content (AvgIpc) is 2.71. The number of carbonyl (C=O) groups is 3. The van der Waals surface area contributed by atoms with E-state index < -0.39 is 5.97 Å². The summed E-state index contributed by atoms with van der Waals surface area (Å²) in [5, 5.41) is 11.1. The molecule has 0 aromatic rings. The summed E-state index contributed by atoms with van der Waals surface area (Å²) in [4.78, 5) is 35.8. The lowest BCUT2D eigenvalue weighted by molar-refractivity contribution is -0.137.